The highest BCUT2D eigenvalue weighted by molar-refractivity contribution is 9.10. The largest absolute Gasteiger partial charge is 0.460 e. The zero-order valence-electron chi connectivity index (χ0n) is 29.5. The summed E-state index contributed by atoms with van der Waals surface area (Å²) in [5.41, 5.74) is 15.5. The van der Waals surface area contributed by atoms with Crippen LogP contribution in [0.5, 0.6) is 0 Å². The summed E-state index contributed by atoms with van der Waals surface area (Å²) in [6, 6.07) is 27.0. The van der Waals surface area contributed by atoms with Gasteiger partial charge in [0.1, 0.15) is 46.2 Å². The second-order valence-electron chi connectivity index (χ2n) is 12.6. The Balaban J connectivity index is 0.000000151. The van der Waals surface area contributed by atoms with E-state index in [0.717, 1.165) is 34.1 Å². The summed E-state index contributed by atoms with van der Waals surface area (Å²) in [4.78, 5) is 19.3. The lowest BCUT2D eigenvalue weighted by Gasteiger charge is -2.28. The van der Waals surface area contributed by atoms with Crippen LogP contribution in [0, 0.1) is 0 Å². The van der Waals surface area contributed by atoms with Gasteiger partial charge in [0.25, 0.3) is 0 Å². The van der Waals surface area contributed by atoms with E-state index in [1.807, 2.05) is 86.6 Å². The number of aromatic nitrogens is 6. The zero-order valence-corrected chi connectivity index (χ0v) is 31.1. The fourth-order valence-corrected chi connectivity index (χ4v) is 6.54. The van der Waals surface area contributed by atoms with E-state index in [4.69, 9.17) is 30.4 Å². The fourth-order valence-electron chi connectivity index (χ4n) is 6.13. The number of aliphatic hydroxyl groups is 1. The van der Waals surface area contributed by atoms with E-state index in [1.54, 1.807) is 21.2 Å². The lowest BCUT2D eigenvalue weighted by atomic mass is 10.0. The molecule has 6 aromatic rings. The number of nitrogen functional groups attached to an aromatic ring is 2. The minimum absolute atomic E-state index is 0.0354. The van der Waals surface area contributed by atoms with Crippen LogP contribution in [0.15, 0.2) is 102 Å². The van der Waals surface area contributed by atoms with Crippen molar-refractivity contribution in [3.63, 3.8) is 0 Å². The van der Waals surface area contributed by atoms with Crippen LogP contribution >= 0.6 is 15.9 Å². The van der Waals surface area contributed by atoms with E-state index in [-0.39, 0.29) is 24.3 Å². The van der Waals surface area contributed by atoms with Crippen LogP contribution < -0.4 is 11.5 Å². The number of nitrogens with two attached hydrogens (primary N) is 2. The van der Waals surface area contributed by atoms with Gasteiger partial charge in [-0.05, 0) is 64.2 Å². The number of ether oxygens (including phenoxy) is 4. The zero-order chi connectivity index (χ0) is 37.4. The van der Waals surface area contributed by atoms with Gasteiger partial charge in [0.2, 0.25) is 5.79 Å². The van der Waals surface area contributed by atoms with Gasteiger partial charge in [0.15, 0.2) is 17.7 Å². The molecule has 1 unspecified atom stereocenters. The molecule has 15 heteroatoms. The molecule has 8 rings (SSSR count). The SMILES string of the molecule is CC[C@@H]1C[C@@H](OCc2ccccc2)C(=O)O1.CC[C@@H]1C[C@@H](OCc2ccccc2)C(O)(c2ccc3c(N)ncnn23)O1.Nc1ncnn2c(Br)ccc12. The molecule has 0 spiro atoms. The Morgan fingerprint density at radius 1 is 0.792 bits per heavy atom. The minimum atomic E-state index is -1.59. The summed E-state index contributed by atoms with van der Waals surface area (Å²) < 4.78 is 26.9. The van der Waals surface area contributed by atoms with Gasteiger partial charge < -0.3 is 35.5 Å². The number of hydrogen-bond donors (Lipinski definition) is 3. The monoisotopic (exact) mass is 786 g/mol. The standard InChI is InChI=1S/C19H22N4O3.C13H16O3.C6H5BrN4/c1-2-14-10-17(25-11-13-6-4-3-5-7-13)19(24,26-14)16-9-8-15-18(20)21-12-22-23(15)16;1-2-11-8-12(13(14)16-11)15-9-10-6-4-3-5-7-10;7-5-2-1-4-6(8)9-3-10-11(4)5/h3-9,12,14,17,24H,2,10-11H2,1H3,(H2,20,21,22);3-7,11-12H,2,8-9H2,1H3;1-3H,(H2,8,9,10)/t14-,17-,19?;11-,12-;/m11./s1. The number of esters is 1. The van der Waals surface area contributed by atoms with E-state index in [9.17, 15) is 9.90 Å². The molecule has 0 radical (unpaired) electrons. The van der Waals surface area contributed by atoms with Crippen molar-refractivity contribution in [2.24, 2.45) is 0 Å². The van der Waals surface area contributed by atoms with Crippen molar-refractivity contribution in [2.75, 3.05) is 11.5 Å². The number of rotatable bonds is 9. The van der Waals surface area contributed by atoms with E-state index < -0.39 is 11.9 Å². The Bertz CT molecular complexity index is 2100. The van der Waals surface area contributed by atoms with Crippen molar-refractivity contribution < 1.29 is 28.8 Å². The minimum Gasteiger partial charge on any atom is -0.460 e. The van der Waals surface area contributed by atoms with Crippen LogP contribution in [0.3, 0.4) is 0 Å². The molecule has 14 nitrogen and oxygen atoms in total. The van der Waals surface area contributed by atoms with Crippen LogP contribution in [-0.2, 0) is 42.7 Å². The quantitative estimate of drug-likeness (QED) is 0.154. The van der Waals surface area contributed by atoms with Crippen LogP contribution in [-0.4, -0.2) is 64.7 Å². The maximum Gasteiger partial charge on any atom is 0.335 e. The molecule has 0 aliphatic carbocycles. The topological polar surface area (TPSA) is 187 Å². The number of carbonyl (C=O) groups is 1. The molecule has 2 fully saturated rings. The van der Waals surface area contributed by atoms with Gasteiger partial charge in [-0.3, -0.25) is 0 Å². The molecular formula is C38H43BrN8O6. The number of cyclic esters (lactones) is 1. The summed E-state index contributed by atoms with van der Waals surface area (Å²) in [5, 5.41) is 19.6. The maximum atomic E-state index is 11.4. The van der Waals surface area contributed by atoms with Gasteiger partial charge in [-0.2, -0.15) is 10.2 Å². The van der Waals surface area contributed by atoms with Crippen molar-refractivity contribution in [3.05, 3.63) is 119 Å². The molecule has 2 aliphatic rings. The molecule has 0 amide bonds. The van der Waals surface area contributed by atoms with Gasteiger partial charge in [0.05, 0.1) is 19.3 Å². The Morgan fingerprint density at radius 3 is 1.94 bits per heavy atom. The predicted molar refractivity (Wildman–Crippen MR) is 201 cm³/mol. The first-order valence-corrected chi connectivity index (χ1v) is 18.2. The van der Waals surface area contributed by atoms with Gasteiger partial charge >= 0.3 is 5.97 Å². The van der Waals surface area contributed by atoms with E-state index >= 15 is 0 Å². The molecule has 5 atom stereocenters. The van der Waals surface area contributed by atoms with Crippen LogP contribution in [0.4, 0.5) is 11.6 Å². The molecule has 278 valence electrons. The third kappa shape index (κ3) is 8.83. The molecular weight excluding hydrogens is 744 g/mol. The molecule has 5 N–H and O–H groups in total. The maximum absolute atomic E-state index is 11.4. The van der Waals surface area contributed by atoms with Crippen molar-refractivity contribution in [3.8, 4) is 0 Å². The fraction of sp³-hybridized carbons (Fsp3) is 0.342. The van der Waals surface area contributed by atoms with Crippen LogP contribution in [0.1, 0.15) is 56.4 Å². The summed E-state index contributed by atoms with van der Waals surface area (Å²) in [6.07, 6.45) is 4.76. The van der Waals surface area contributed by atoms with Gasteiger partial charge in [-0.25, -0.2) is 23.8 Å². The second-order valence-corrected chi connectivity index (χ2v) is 13.4. The van der Waals surface area contributed by atoms with Gasteiger partial charge in [0, 0.05) is 12.8 Å². The van der Waals surface area contributed by atoms with Gasteiger partial charge in [-0.15, -0.1) is 0 Å². The van der Waals surface area contributed by atoms with Crippen molar-refractivity contribution in [1.29, 1.82) is 0 Å². The lowest BCUT2D eigenvalue weighted by molar-refractivity contribution is -0.250. The van der Waals surface area contributed by atoms with Gasteiger partial charge in [-0.1, -0.05) is 74.5 Å². The summed E-state index contributed by atoms with van der Waals surface area (Å²) >= 11 is 3.32. The number of hydrogen-bond acceptors (Lipinski definition) is 12. The Labute approximate surface area is 315 Å². The van der Waals surface area contributed by atoms with E-state index in [2.05, 4.69) is 36.1 Å². The predicted octanol–water partition coefficient (Wildman–Crippen LogP) is 5.61. The lowest BCUT2D eigenvalue weighted by Crippen LogP contribution is -2.39. The first kappa shape index (κ1) is 37.8. The van der Waals surface area contributed by atoms with E-state index in [1.165, 1.54) is 12.7 Å². The number of fused-ring (bicyclic) bond motifs is 2. The highest BCUT2D eigenvalue weighted by atomic mass is 79.9. The van der Waals surface area contributed by atoms with E-state index in [0.29, 0.717) is 48.9 Å². The molecule has 6 heterocycles. The summed E-state index contributed by atoms with van der Waals surface area (Å²) in [6.45, 7) is 4.91. The van der Waals surface area contributed by atoms with Crippen molar-refractivity contribution >= 4 is 44.6 Å². The van der Waals surface area contributed by atoms with Crippen LogP contribution in [0.25, 0.3) is 11.0 Å². The first-order chi connectivity index (χ1) is 25.7. The third-order valence-corrected chi connectivity index (χ3v) is 9.67. The number of carbonyl (C=O) groups excluding carboxylic acids is 1. The third-order valence-electron chi connectivity index (χ3n) is 9.07. The normalized spacial score (nSPS) is 22.2. The molecule has 2 saturated heterocycles. The molecule has 53 heavy (non-hydrogen) atoms. The average molecular weight is 788 g/mol. The molecule has 2 aliphatic heterocycles. The number of nitrogens with zero attached hydrogens (tertiary/aromatic N) is 6. The highest BCUT2D eigenvalue weighted by Crippen LogP contribution is 2.41. The Morgan fingerprint density at radius 2 is 1.36 bits per heavy atom. The van der Waals surface area contributed by atoms with Crippen molar-refractivity contribution in [2.45, 2.75) is 82.9 Å². The van der Waals surface area contributed by atoms with Crippen LogP contribution in [0.2, 0.25) is 0 Å². The molecule has 0 bridgehead atoms. The Kier molecular flexibility index (Phi) is 12.3. The van der Waals surface area contributed by atoms with Crippen molar-refractivity contribution in [1.82, 2.24) is 29.2 Å². The molecule has 0 saturated carbocycles. The number of halogens is 1. The molecule has 4 aromatic heterocycles. The number of anilines is 2. The molecule has 2 aromatic carbocycles. The first-order valence-electron chi connectivity index (χ1n) is 17.4. The second kappa shape index (κ2) is 17.3. The number of benzene rings is 2. The summed E-state index contributed by atoms with van der Waals surface area (Å²) in [7, 11) is 0. The highest BCUT2D eigenvalue weighted by Gasteiger charge is 2.51. The average Bonchev–Trinajstić information content (AvgIpc) is 3.97. The Hall–Kier alpha value is -4.93. The summed E-state index contributed by atoms with van der Waals surface area (Å²) in [5.74, 6) is -0.974. The smallest absolute Gasteiger partial charge is 0.335 e.